The summed E-state index contributed by atoms with van der Waals surface area (Å²) in [4.78, 5) is 17.9. The van der Waals surface area contributed by atoms with E-state index >= 15 is 0 Å². The van der Waals surface area contributed by atoms with Crippen LogP contribution >= 0.6 is 12.2 Å². The average molecular weight is 357 g/mol. The van der Waals surface area contributed by atoms with E-state index in [2.05, 4.69) is 15.6 Å². The van der Waals surface area contributed by atoms with Crippen molar-refractivity contribution in [3.8, 4) is 0 Å². The lowest BCUT2D eigenvalue weighted by Crippen LogP contribution is -2.30. The molecule has 1 saturated heterocycles. The van der Waals surface area contributed by atoms with Gasteiger partial charge in [-0.15, -0.1) is 0 Å². The monoisotopic (exact) mass is 357 g/mol. The van der Waals surface area contributed by atoms with Crippen LogP contribution in [0.5, 0.6) is 0 Å². The van der Waals surface area contributed by atoms with Crippen LogP contribution < -0.4 is 15.5 Å². The highest BCUT2D eigenvalue weighted by Gasteiger charge is 2.23. The van der Waals surface area contributed by atoms with Gasteiger partial charge in [0, 0.05) is 49.8 Å². The lowest BCUT2D eigenvalue weighted by molar-refractivity contribution is -0.117. The van der Waals surface area contributed by atoms with Gasteiger partial charge in [-0.25, -0.2) is 4.98 Å². The molecule has 1 aromatic heterocycles. The van der Waals surface area contributed by atoms with E-state index in [1.165, 1.54) is 0 Å². The van der Waals surface area contributed by atoms with Crippen LogP contribution in [0.3, 0.4) is 0 Å². The molecule has 3 rings (SSSR count). The second-order valence-electron chi connectivity index (χ2n) is 6.19. The van der Waals surface area contributed by atoms with Gasteiger partial charge >= 0.3 is 0 Å². The van der Waals surface area contributed by atoms with Gasteiger partial charge in [-0.05, 0) is 49.7 Å². The maximum Gasteiger partial charge on any atom is 0.227 e. The number of thiocarbonyl (C=S) groups is 1. The molecule has 6 nitrogen and oxygen atoms in total. The number of hydrogen-bond acceptors (Lipinski definition) is 3. The van der Waals surface area contributed by atoms with Crippen molar-refractivity contribution in [2.24, 2.45) is 0 Å². The van der Waals surface area contributed by atoms with Gasteiger partial charge in [0.1, 0.15) is 0 Å². The molecule has 0 radical (unpaired) electrons. The molecule has 1 aromatic carbocycles. The van der Waals surface area contributed by atoms with Crippen LogP contribution in [-0.4, -0.2) is 33.7 Å². The van der Waals surface area contributed by atoms with Crippen molar-refractivity contribution in [3.05, 3.63) is 42.5 Å². The number of aromatic nitrogens is 2. The van der Waals surface area contributed by atoms with Crippen LogP contribution in [0.25, 0.3) is 0 Å². The Bertz CT molecular complexity index is 744. The summed E-state index contributed by atoms with van der Waals surface area (Å²) in [7, 11) is 0. The van der Waals surface area contributed by atoms with Gasteiger partial charge in [-0.2, -0.15) is 0 Å². The van der Waals surface area contributed by atoms with Crippen molar-refractivity contribution in [1.82, 2.24) is 14.9 Å². The molecule has 25 heavy (non-hydrogen) atoms. The van der Waals surface area contributed by atoms with Crippen molar-refractivity contribution >= 4 is 34.6 Å². The number of hydrogen-bond donors (Lipinski definition) is 2. The Balaban J connectivity index is 1.51. The predicted octanol–water partition coefficient (Wildman–Crippen LogP) is 2.70. The standard InChI is InChI=1S/C18H23N5OS/c1-14-5-6-15(12-16(14)23-10-2-4-17(23)24)21-18(25)20-7-3-9-22-11-8-19-13-22/h5-6,8,11-13H,2-4,7,9-10H2,1H3,(H2,20,21,25). The zero-order valence-electron chi connectivity index (χ0n) is 14.4. The summed E-state index contributed by atoms with van der Waals surface area (Å²) in [5.41, 5.74) is 2.96. The first-order valence-corrected chi connectivity index (χ1v) is 8.96. The Morgan fingerprint density at radius 1 is 1.40 bits per heavy atom. The van der Waals surface area contributed by atoms with E-state index in [0.717, 1.165) is 49.4 Å². The van der Waals surface area contributed by atoms with Crippen molar-refractivity contribution in [2.45, 2.75) is 32.7 Å². The lowest BCUT2D eigenvalue weighted by Gasteiger charge is -2.20. The third-order valence-corrected chi connectivity index (χ3v) is 4.52. The minimum absolute atomic E-state index is 0.195. The Kier molecular flexibility index (Phi) is 5.65. The van der Waals surface area contributed by atoms with Crippen LogP contribution in [0.15, 0.2) is 36.9 Å². The fourth-order valence-corrected chi connectivity index (χ4v) is 3.16. The van der Waals surface area contributed by atoms with Crippen LogP contribution in [-0.2, 0) is 11.3 Å². The number of benzene rings is 1. The normalized spacial score (nSPS) is 14.0. The maximum atomic E-state index is 12.0. The highest BCUT2D eigenvalue weighted by molar-refractivity contribution is 7.80. The summed E-state index contributed by atoms with van der Waals surface area (Å²) >= 11 is 5.36. The van der Waals surface area contributed by atoms with Crippen molar-refractivity contribution in [1.29, 1.82) is 0 Å². The third-order valence-electron chi connectivity index (χ3n) is 4.27. The third kappa shape index (κ3) is 4.57. The number of rotatable bonds is 6. The molecular weight excluding hydrogens is 334 g/mol. The van der Waals surface area contributed by atoms with Crippen molar-refractivity contribution in [2.75, 3.05) is 23.3 Å². The lowest BCUT2D eigenvalue weighted by atomic mass is 10.1. The van der Waals surface area contributed by atoms with Crippen LogP contribution in [0, 0.1) is 6.92 Å². The summed E-state index contributed by atoms with van der Waals surface area (Å²) in [5, 5.41) is 7.01. The van der Waals surface area contributed by atoms with E-state index in [-0.39, 0.29) is 5.91 Å². The Hall–Kier alpha value is -2.41. The molecule has 0 spiro atoms. The van der Waals surface area contributed by atoms with E-state index in [1.54, 1.807) is 6.20 Å². The van der Waals surface area contributed by atoms with Gasteiger partial charge in [0.15, 0.2) is 5.11 Å². The van der Waals surface area contributed by atoms with Gasteiger partial charge in [0.25, 0.3) is 0 Å². The second-order valence-corrected chi connectivity index (χ2v) is 6.59. The summed E-state index contributed by atoms with van der Waals surface area (Å²) < 4.78 is 2.04. The fourth-order valence-electron chi connectivity index (χ4n) is 2.94. The zero-order chi connectivity index (χ0) is 17.6. The number of carbonyl (C=O) groups is 1. The fraction of sp³-hybridized carbons (Fsp3) is 0.389. The number of imidazole rings is 1. The molecule has 132 valence electrons. The number of carbonyl (C=O) groups excluding carboxylic acids is 1. The number of aryl methyl sites for hydroxylation is 2. The van der Waals surface area contributed by atoms with Gasteiger partial charge in [-0.1, -0.05) is 6.07 Å². The van der Waals surface area contributed by atoms with Crippen LogP contribution in [0.2, 0.25) is 0 Å². The molecule has 2 aromatic rings. The van der Waals surface area contributed by atoms with Gasteiger partial charge < -0.3 is 20.1 Å². The minimum Gasteiger partial charge on any atom is -0.362 e. The number of amides is 1. The highest BCUT2D eigenvalue weighted by atomic mass is 32.1. The first-order valence-electron chi connectivity index (χ1n) is 8.55. The molecule has 0 atom stereocenters. The average Bonchev–Trinajstić information content (AvgIpc) is 3.25. The Labute approximate surface area is 153 Å². The molecular formula is C18H23N5OS. The zero-order valence-corrected chi connectivity index (χ0v) is 15.2. The molecule has 2 heterocycles. The highest BCUT2D eigenvalue weighted by Crippen LogP contribution is 2.28. The van der Waals surface area contributed by atoms with Crippen LogP contribution in [0.4, 0.5) is 11.4 Å². The smallest absolute Gasteiger partial charge is 0.227 e. The van der Waals surface area contributed by atoms with Crippen LogP contribution in [0.1, 0.15) is 24.8 Å². The second kappa shape index (κ2) is 8.11. The summed E-state index contributed by atoms with van der Waals surface area (Å²) in [6.45, 7) is 4.51. The predicted molar refractivity (Wildman–Crippen MR) is 104 cm³/mol. The molecule has 1 aliphatic heterocycles. The summed E-state index contributed by atoms with van der Waals surface area (Å²) in [5.74, 6) is 0.195. The molecule has 0 saturated carbocycles. The molecule has 0 bridgehead atoms. The molecule has 1 aliphatic rings. The first kappa shape index (κ1) is 17.4. The van der Waals surface area contributed by atoms with E-state index in [0.29, 0.717) is 11.5 Å². The Morgan fingerprint density at radius 3 is 3.00 bits per heavy atom. The van der Waals surface area contributed by atoms with Gasteiger partial charge in [-0.3, -0.25) is 4.79 Å². The van der Waals surface area contributed by atoms with E-state index in [9.17, 15) is 4.79 Å². The van der Waals surface area contributed by atoms with Crippen molar-refractivity contribution in [3.63, 3.8) is 0 Å². The largest absolute Gasteiger partial charge is 0.362 e. The van der Waals surface area contributed by atoms with Gasteiger partial charge in [0.05, 0.1) is 6.33 Å². The topological polar surface area (TPSA) is 62.2 Å². The maximum absolute atomic E-state index is 12.0. The van der Waals surface area contributed by atoms with E-state index in [4.69, 9.17) is 12.2 Å². The number of nitrogens with zero attached hydrogens (tertiary/aromatic N) is 3. The quantitative estimate of drug-likeness (QED) is 0.615. The summed E-state index contributed by atoms with van der Waals surface area (Å²) in [6, 6.07) is 6.00. The van der Waals surface area contributed by atoms with E-state index < -0.39 is 0 Å². The SMILES string of the molecule is Cc1ccc(NC(=S)NCCCn2ccnc2)cc1N1CCCC1=O. The molecule has 2 N–H and O–H groups in total. The van der Waals surface area contributed by atoms with E-state index in [1.807, 2.05) is 47.1 Å². The number of anilines is 2. The summed E-state index contributed by atoms with van der Waals surface area (Å²) in [6.07, 6.45) is 8.05. The number of nitrogens with one attached hydrogen (secondary N) is 2. The molecule has 0 unspecified atom stereocenters. The molecule has 1 amide bonds. The van der Waals surface area contributed by atoms with Gasteiger partial charge in [0.2, 0.25) is 5.91 Å². The molecule has 7 heteroatoms. The first-order chi connectivity index (χ1) is 12.1. The molecule has 0 aliphatic carbocycles. The Morgan fingerprint density at radius 2 is 2.28 bits per heavy atom. The van der Waals surface area contributed by atoms with Crippen molar-refractivity contribution < 1.29 is 4.79 Å². The minimum atomic E-state index is 0.195. The molecule has 1 fully saturated rings.